The van der Waals surface area contributed by atoms with E-state index in [1.807, 2.05) is 12.1 Å². The number of hydrogen-bond acceptors (Lipinski definition) is 8. The number of hydrogen-bond donors (Lipinski definition) is 2. The molecule has 1 aliphatic heterocycles. The van der Waals surface area contributed by atoms with Crippen LogP contribution in [0.3, 0.4) is 0 Å². The minimum Gasteiger partial charge on any atom is -0.378 e. The van der Waals surface area contributed by atoms with Crippen molar-refractivity contribution in [1.82, 2.24) is 25.5 Å². The quantitative estimate of drug-likeness (QED) is 0.620. The van der Waals surface area contributed by atoms with Crippen LogP contribution in [0.5, 0.6) is 0 Å². The number of halogens is 1. The maximum absolute atomic E-state index is 12.3. The molecule has 1 amide bonds. The number of rotatable bonds is 6. The van der Waals surface area contributed by atoms with Gasteiger partial charge in [-0.25, -0.2) is 4.98 Å². The standard InChI is InChI=1S/C20H20ClN7O2/c21-14-3-5-15(6-4-14)24-18-12-16(13-22-19(29)17-2-1-7-23-27-17)25-20(26-18)28-8-10-30-11-9-28/h1-7,12H,8-11,13H2,(H,22,29)(H,24,25,26). The number of aromatic nitrogens is 4. The van der Waals surface area contributed by atoms with E-state index >= 15 is 0 Å². The minimum atomic E-state index is -0.318. The van der Waals surface area contributed by atoms with Gasteiger partial charge in [0.2, 0.25) is 5.95 Å². The van der Waals surface area contributed by atoms with Gasteiger partial charge in [-0.05, 0) is 36.4 Å². The summed E-state index contributed by atoms with van der Waals surface area (Å²) < 4.78 is 5.42. The first kappa shape index (κ1) is 20.0. The Kier molecular flexibility index (Phi) is 6.31. The maximum Gasteiger partial charge on any atom is 0.272 e. The van der Waals surface area contributed by atoms with Crippen molar-refractivity contribution >= 4 is 35.0 Å². The summed E-state index contributed by atoms with van der Waals surface area (Å²) in [6.45, 7) is 2.88. The van der Waals surface area contributed by atoms with Gasteiger partial charge in [0.25, 0.3) is 5.91 Å². The van der Waals surface area contributed by atoms with Gasteiger partial charge in [0.1, 0.15) is 5.82 Å². The van der Waals surface area contributed by atoms with E-state index in [4.69, 9.17) is 16.3 Å². The van der Waals surface area contributed by atoms with Crippen LogP contribution in [0.1, 0.15) is 16.2 Å². The molecule has 1 aliphatic rings. The molecule has 0 unspecified atom stereocenters. The zero-order valence-electron chi connectivity index (χ0n) is 16.1. The van der Waals surface area contributed by atoms with Crippen LogP contribution in [-0.2, 0) is 11.3 Å². The number of benzene rings is 1. The number of carbonyl (C=O) groups is 1. The molecule has 0 bridgehead atoms. The molecule has 3 heterocycles. The van der Waals surface area contributed by atoms with E-state index in [-0.39, 0.29) is 18.1 Å². The summed E-state index contributed by atoms with van der Waals surface area (Å²) in [4.78, 5) is 23.6. The number of morpholine rings is 1. The summed E-state index contributed by atoms with van der Waals surface area (Å²) in [6, 6.07) is 12.4. The second kappa shape index (κ2) is 9.47. The van der Waals surface area contributed by atoms with Gasteiger partial charge in [0, 0.05) is 36.1 Å². The third kappa shape index (κ3) is 5.19. The van der Waals surface area contributed by atoms with Gasteiger partial charge in [-0.15, -0.1) is 5.10 Å². The zero-order chi connectivity index (χ0) is 20.8. The van der Waals surface area contributed by atoms with Crippen LogP contribution in [0, 0.1) is 0 Å². The lowest BCUT2D eigenvalue weighted by Crippen LogP contribution is -2.37. The van der Waals surface area contributed by atoms with Crippen molar-refractivity contribution in [2.24, 2.45) is 0 Å². The van der Waals surface area contributed by atoms with Crippen LogP contribution in [0.15, 0.2) is 48.7 Å². The molecule has 154 valence electrons. The molecule has 30 heavy (non-hydrogen) atoms. The number of amides is 1. The van der Waals surface area contributed by atoms with Crippen molar-refractivity contribution in [3.63, 3.8) is 0 Å². The average molecular weight is 426 g/mol. The highest BCUT2D eigenvalue weighted by molar-refractivity contribution is 6.30. The van der Waals surface area contributed by atoms with Crippen molar-refractivity contribution in [3.8, 4) is 0 Å². The van der Waals surface area contributed by atoms with Crippen molar-refractivity contribution in [2.75, 3.05) is 36.5 Å². The molecule has 0 saturated carbocycles. The smallest absolute Gasteiger partial charge is 0.272 e. The second-order valence-electron chi connectivity index (χ2n) is 6.57. The molecule has 1 aromatic carbocycles. The molecule has 3 aromatic rings. The first-order valence-corrected chi connectivity index (χ1v) is 9.84. The number of anilines is 3. The van der Waals surface area contributed by atoms with Crippen molar-refractivity contribution in [3.05, 3.63) is 65.1 Å². The highest BCUT2D eigenvalue weighted by atomic mass is 35.5. The molecule has 0 radical (unpaired) electrons. The largest absolute Gasteiger partial charge is 0.378 e. The van der Waals surface area contributed by atoms with Crippen LogP contribution in [0.4, 0.5) is 17.5 Å². The lowest BCUT2D eigenvalue weighted by Gasteiger charge is -2.27. The van der Waals surface area contributed by atoms with Crippen molar-refractivity contribution < 1.29 is 9.53 Å². The topological polar surface area (TPSA) is 105 Å². The fraction of sp³-hybridized carbons (Fsp3) is 0.250. The third-order valence-corrected chi connectivity index (χ3v) is 4.66. The summed E-state index contributed by atoms with van der Waals surface area (Å²) in [5.74, 6) is 0.889. The number of carbonyl (C=O) groups excluding carboxylic acids is 1. The van der Waals surface area contributed by atoms with Gasteiger partial charge in [0.15, 0.2) is 5.69 Å². The van der Waals surface area contributed by atoms with Crippen LogP contribution < -0.4 is 15.5 Å². The fourth-order valence-electron chi connectivity index (χ4n) is 2.91. The molecule has 4 rings (SSSR count). The van der Waals surface area contributed by atoms with Crippen molar-refractivity contribution in [1.29, 1.82) is 0 Å². The summed E-state index contributed by atoms with van der Waals surface area (Å²) >= 11 is 5.97. The monoisotopic (exact) mass is 425 g/mol. The Morgan fingerprint density at radius 1 is 1.13 bits per heavy atom. The molecule has 0 aliphatic carbocycles. The summed E-state index contributed by atoms with van der Waals surface area (Å²) in [7, 11) is 0. The minimum absolute atomic E-state index is 0.227. The van der Waals surface area contributed by atoms with Gasteiger partial charge >= 0.3 is 0 Å². The first-order valence-electron chi connectivity index (χ1n) is 9.46. The summed E-state index contributed by atoms with van der Waals surface area (Å²) in [5.41, 5.74) is 1.76. The van der Waals surface area contributed by atoms with E-state index in [0.29, 0.717) is 48.8 Å². The van der Waals surface area contributed by atoms with Gasteiger partial charge < -0.3 is 20.3 Å². The third-order valence-electron chi connectivity index (χ3n) is 4.41. The molecular weight excluding hydrogens is 406 g/mol. The molecule has 10 heteroatoms. The normalized spacial score (nSPS) is 13.7. The van der Waals surface area contributed by atoms with E-state index in [2.05, 4.69) is 35.7 Å². The van der Waals surface area contributed by atoms with Gasteiger partial charge in [-0.3, -0.25) is 4.79 Å². The lowest BCUT2D eigenvalue weighted by atomic mass is 10.3. The predicted molar refractivity (Wildman–Crippen MR) is 113 cm³/mol. The molecule has 0 spiro atoms. The number of nitrogens with zero attached hydrogens (tertiary/aromatic N) is 5. The molecule has 0 atom stereocenters. The van der Waals surface area contributed by atoms with Gasteiger partial charge in [-0.1, -0.05) is 11.6 Å². The highest BCUT2D eigenvalue weighted by Gasteiger charge is 2.16. The van der Waals surface area contributed by atoms with E-state index < -0.39 is 0 Å². The Balaban J connectivity index is 1.54. The van der Waals surface area contributed by atoms with E-state index in [1.54, 1.807) is 30.3 Å². The van der Waals surface area contributed by atoms with Crippen LogP contribution in [0.2, 0.25) is 5.02 Å². The van der Waals surface area contributed by atoms with E-state index in [0.717, 1.165) is 5.69 Å². The lowest BCUT2D eigenvalue weighted by molar-refractivity contribution is 0.0944. The maximum atomic E-state index is 12.3. The van der Waals surface area contributed by atoms with E-state index in [1.165, 1.54) is 6.20 Å². The predicted octanol–water partition coefficient (Wildman–Crippen LogP) is 2.43. The van der Waals surface area contributed by atoms with Gasteiger partial charge in [-0.2, -0.15) is 10.1 Å². The molecule has 1 fully saturated rings. The Hall–Kier alpha value is -3.30. The Morgan fingerprint density at radius 2 is 1.93 bits per heavy atom. The molecule has 1 saturated heterocycles. The summed E-state index contributed by atoms with van der Waals surface area (Å²) in [6.07, 6.45) is 1.52. The first-order chi connectivity index (χ1) is 14.7. The summed E-state index contributed by atoms with van der Waals surface area (Å²) in [5, 5.41) is 14.3. The SMILES string of the molecule is O=C(NCc1cc(Nc2ccc(Cl)cc2)nc(N2CCOCC2)n1)c1cccnn1. The number of ether oxygens (including phenoxy) is 1. The molecule has 2 N–H and O–H groups in total. The Bertz CT molecular complexity index is 996. The zero-order valence-corrected chi connectivity index (χ0v) is 16.8. The average Bonchev–Trinajstić information content (AvgIpc) is 2.80. The number of nitrogens with one attached hydrogen (secondary N) is 2. The highest BCUT2D eigenvalue weighted by Crippen LogP contribution is 2.21. The molecular formula is C20H20ClN7O2. The van der Waals surface area contributed by atoms with Crippen LogP contribution in [-0.4, -0.2) is 52.4 Å². The second-order valence-corrected chi connectivity index (χ2v) is 7.00. The Labute approximate surface area is 178 Å². The van der Waals surface area contributed by atoms with E-state index in [9.17, 15) is 4.79 Å². The van der Waals surface area contributed by atoms with Gasteiger partial charge in [0.05, 0.1) is 25.5 Å². The molecule has 9 nitrogen and oxygen atoms in total. The van der Waals surface area contributed by atoms with Crippen LogP contribution in [0.25, 0.3) is 0 Å². The van der Waals surface area contributed by atoms with Crippen LogP contribution >= 0.6 is 11.6 Å². The molecule has 2 aromatic heterocycles. The van der Waals surface area contributed by atoms with Crippen molar-refractivity contribution in [2.45, 2.75) is 6.54 Å². The Morgan fingerprint density at radius 3 is 2.67 bits per heavy atom. The fourth-order valence-corrected chi connectivity index (χ4v) is 3.03.